The van der Waals surface area contributed by atoms with Crippen LogP contribution in [0, 0.1) is 5.41 Å². The molecule has 1 aliphatic rings. The fourth-order valence-corrected chi connectivity index (χ4v) is 3.12. The molecule has 1 aromatic carbocycles. The summed E-state index contributed by atoms with van der Waals surface area (Å²) >= 11 is 0. The van der Waals surface area contributed by atoms with Crippen molar-refractivity contribution in [3.8, 4) is 0 Å². The summed E-state index contributed by atoms with van der Waals surface area (Å²) in [5.74, 6) is 0.386. The van der Waals surface area contributed by atoms with E-state index in [1.807, 2.05) is 12.1 Å². The van der Waals surface area contributed by atoms with Crippen LogP contribution in [0.1, 0.15) is 48.5 Å². The number of rotatable bonds is 9. The number of primary amides is 1. The van der Waals surface area contributed by atoms with Gasteiger partial charge in [-0.25, -0.2) is 4.99 Å². The zero-order chi connectivity index (χ0) is 18.1. The Morgan fingerprint density at radius 2 is 2.16 bits per heavy atom. The highest BCUT2D eigenvalue weighted by Crippen LogP contribution is 2.43. The first-order chi connectivity index (χ1) is 12.1. The maximum absolute atomic E-state index is 11.3. The molecule has 0 radical (unpaired) electrons. The van der Waals surface area contributed by atoms with Gasteiger partial charge in [0.15, 0.2) is 5.96 Å². The van der Waals surface area contributed by atoms with Crippen LogP contribution >= 0.6 is 0 Å². The molecule has 25 heavy (non-hydrogen) atoms. The van der Waals surface area contributed by atoms with Gasteiger partial charge in [0.25, 0.3) is 0 Å². The minimum Gasteiger partial charge on any atom is -0.385 e. The Bertz CT molecular complexity index is 597. The van der Waals surface area contributed by atoms with E-state index in [0.717, 1.165) is 37.6 Å². The molecule has 0 aromatic heterocycles. The molecule has 0 spiro atoms. The average molecular weight is 346 g/mol. The summed E-state index contributed by atoms with van der Waals surface area (Å²) in [6.45, 7) is 5.06. The Labute approximate surface area is 150 Å². The van der Waals surface area contributed by atoms with E-state index in [1.165, 1.54) is 19.3 Å². The second kappa shape index (κ2) is 9.42. The zero-order valence-electron chi connectivity index (χ0n) is 15.3. The summed E-state index contributed by atoms with van der Waals surface area (Å²) in [6.07, 6.45) is 4.85. The average Bonchev–Trinajstić information content (AvgIpc) is 2.58. The van der Waals surface area contributed by atoms with Gasteiger partial charge in [-0.15, -0.1) is 0 Å². The lowest BCUT2D eigenvalue weighted by atomic mass is 9.67. The number of methoxy groups -OCH3 is 1. The summed E-state index contributed by atoms with van der Waals surface area (Å²) in [4.78, 5) is 15.9. The van der Waals surface area contributed by atoms with E-state index in [4.69, 9.17) is 10.5 Å². The summed E-state index contributed by atoms with van der Waals surface area (Å²) in [5.41, 5.74) is 7.14. The molecule has 0 bridgehead atoms. The molecule has 4 N–H and O–H groups in total. The van der Waals surface area contributed by atoms with Crippen LogP contribution in [0.25, 0.3) is 0 Å². The lowest BCUT2D eigenvalue weighted by molar-refractivity contribution is 0.0732. The van der Waals surface area contributed by atoms with Crippen molar-refractivity contribution in [2.45, 2.75) is 39.2 Å². The van der Waals surface area contributed by atoms with Crippen LogP contribution in [-0.4, -0.2) is 38.7 Å². The van der Waals surface area contributed by atoms with E-state index in [9.17, 15) is 4.79 Å². The molecule has 1 aromatic rings. The van der Waals surface area contributed by atoms with Gasteiger partial charge in [-0.05, 0) is 49.3 Å². The van der Waals surface area contributed by atoms with Gasteiger partial charge in [0.2, 0.25) is 5.91 Å². The Hall–Kier alpha value is -2.08. The minimum absolute atomic E-state index is 0.331. The van der Waals surface area contributed by atoms with Gasteiger partial charge >= 0.3 is 0 Å². The molecule has 1 aliphatic carbocycles. The molecule has 1 fully saturated rings. The summed E-state index contributed by atoms with van der Waals surface area (Å²) < 4.78 is 5.25. The van der Waals surface area contributed by atoms with Crippen LogP contribution in [0.4, 0.5) is 0 Å². The Morgan fingerprint density at radius 3 is 2.76 bits per heavy atom. The second-order valence-corrected chi connectivity index (χ2v) is 6.71. The number of guanidine groups is 1. The fraction of sp³-hybridized carbons (Fsp3) is 0.579. The van der Waals surface area contributed by atoms with E-state index < -0.39 is 5.91 Å². The molecule has 1 saturated carbocycles. The molecule has 0 aliphatic heterocycles. The summed E-state index contributed by atoms with van der Waals surface area (Å²) in [7, 11) is 1.76. The molecule has 1 amide bonds. The van der Waals surface area contributed by atoms with Crippen molar-refractivity contribution in [3.05, 3.63) is 35.4 Å². The molecule has 6 heteroatoms. The van der Waals surface area contributed by atoms with Crippen molar-refractivity contribution in [1.82, 2.24) is 10.6 Å². The third kappa shape index (κ3) is 5.74. The molecule has 0 heterocycles. The molecular weight excluding hydrogens is 316 g/mol. The van der Waals surface area contributed by atoms with Crippen molar-refractivity contribution in [3.63, 3.8) is 0 Å². The maximum atomic E-state index is 11.3. The van der Waals surface area contributed by atoms with Crippen molar-refractivity contribution in [2.75, 3.05) is 26.8 Å². The molecule has 6 nitrogen and oxygen atoms in total. The number of aliphatic imine (C=N–C) groups is 1. The summed E-state index contributed by atoms with van der Waals surface area (Å²) in [5, 5.41) is 6.75. The number of nitrogens with two attached hydrogens (primary N) is 1. The van der Waals surface area contributed by atoms with Crippen LogP contribution in [-0.2, 0) is 11.3 Å². The third-order valence-corrected chi connectivity index (χ3v) is 4.86. The van der Waals surface area contributed by atoms with Gasteiger partial charge < -0.3 is 21.1 Å². The number of benzene rings is 1. The zero-order valence-corrected chi connectivity index (χ0v) is 15.3. The Balaban J connectivity index is 1.96. The van der Waals surface area contributed by atoms with Crippen molar-refractivity contribution < 1.29 is 9.53 Å². The largest absolute Gasteiger partial charge is 0.385 e. The molecule has 0 saturated heterocycles. The van der Waals surface area contributed by atoms with Crippen LogP contribution in [0.3, 0.4) is 0 Å². The molecular formula is C19H30N4O2. The molecule has 0 atom stereocenters. The van der Waals surface area contributed by atoms with Crippen molar-refractivity contribution in [2.24, 2.45) is 16.1 Å². The summed E-state index contributed by atoms with van der Waals surface area (Å²) in [6, 6.07) is 7.29. The predicted molar refractivity (Wildman–Crippen MR) is 101 cm³/mol. The van der Waals surface area contributed by atoms with E-state index in [1.54, 1.807) is 19.2 Å². The Morgan fingerprint density at radius 1 is 1.36 bits per heavy atom. The quantitative estimate of drug-likeness (QED) is 0.472. The predicted octanol–water partition coefficient (Wildman–Crippen LogP) is 2.05. The standard InChI is InChI=1S/C19H30N4O2/c1-3-21-18(23-14-19(8-5-9-19)10-11-25-2)22-13-15-6-4-7-16(12-15)17(20)24/h4,6-7,12H,3,5,8-11,13-14H2,1-2H3,(H2,20,24)(H2,21,22,23). The number of hydrogen-bond acceptors (Lipinski definition) is 3. The smallest absolute Gasteiger partial charge is 0.248 e. The van der Waals surface area contributed by atoms with Crippen LogP contribution in [0.5, 0.6) is 0 Å². The highest BCUT2D eigenvalue weighted by Gasteiger charge is 2.36. The molecule has 2 rings (SSSR count). The van der Waals surface area contributed by atoms with Crippen LogP contribution in [0.15, 0.2) is 29.3 Å². The first-order valence-corrected chi connectivity index (χ1v) is 8.98. The second-order valence-electron chi connectivity index (χ2n) is 6.71. The number of nitrogens with one attached hydrogen (secondary N) is 2. The normalized spacial score (nSPS) is 16.2. The van der Waals surface area contributed by atoms with E-state index in [2.05, 4.69) is 22.5 Å². The third-order valence-electron chi connectivity index (χ3n) is 4.86. The SMILES string of the molecule is CCNC(=NCc1cccc(C(N)=O)c1)NCC1(CCOC)CCC1. The van der Waals surface area contributed by atoms with Gasteiger partial charge in [-0.1, -0.05) is 18.6 Å². The first-order valence-electron chi connectivity index (χ1n) is 8.98. The van der Waals surface area contributed by atoms with Crippen LogP contribution in [0.2, 0.25) is 0 Å². The van der Waals surface area contributed by atoms with E-state index >= 15 is 0 Å². The monoisotopic (exact) mass is 346 g/mol. The maximum Gasteiger partial charge on any atom is 0.248 e. The number of amides is 1. The lowest BCUT2D eigenvalue weighted by Gasteiger charge is -2.42. The minimum atomic E-state index is -0.416. The fourth-order valence-electron chi connectivity index (χ4n) is 3.12. The van der Waals surface area contributed by atoms with E-state index in [-0.39, 0.29) is 0 Å². The topological polar surface area (TPSA) is 88.7 Å². The number of carbonyl (C=O) groups excluding carboxylic acids is 1. The lowest BCUT2D eigenvalue weighted by Crippen LogP contribution is -2.46. The first kappa shape index (κ1) is 19.2. The Kier molecular flexibility index (Phi) is 7.25. The van der Waals surface area contributed by atoms with Gasteiger partial charge in [0.1, 0.15) is 0 Å². The molecule has 138 valence electrons. The van der Waals surface area contributed by atoms with Gasteiger partial charge in [-0.3, -0.25) is 4.79 Å². The highest BCUT2D eigenvalue weighted by molar-refractivity contribution is 5.92. The number of carbonyl (C=O) groups is 1. The van der Waals surface area contributed by atoms with Crippen molar-refractivity contribution in [1.29, 1.82) is 0 Å². The van der Waals surface area contributed by atoms with E-state index in [0.29, 0.717) is 17.5 Å². The van der Waals surface area contributed by atoms with Crippen molar-refractivity contribution >= 4 is 11.9 Å². The highest BCUT2D eigenvalue weighted by atomic mass is 16.5. The van der Waals surface area contributed by atoms with Gasteiger partial charge in [0.05, 0.1) is 6.54 Å². The van der Waals surface area contributed by atoms with Crippen LogP contribution < -0.4 is 16.4 Å². The number of hydrogen-bond donors (Lipinski definition) is 3. The number of ether oxygens (including phenoxy) is 1. The molecule has 0 unspecified atom stereocenters. The van der Waals surface area contributed by atoms with Gasteiger partial charge in [-0.2, -0.15) is 0 Å². The number of nitrogens with zero attached hydrogens (tertiary/aromatic N) is 1. The van der Waals surface area contributed by atoms with Gasteiger partial charge in [0, 0.05) is 32.4 Å².